The van der Waals surface area contributed by atoms with Crippen LogP contribution in [0.5, 0.6) is 0 Å². The highest BCUT2D eigenvalue weighted by molar-refractivity contribution is 5.72. The van der Waals surface area contributed by atoms with Crippen LogP contribution in [0.25, 0.3) is 0 Å². The molecule has 6 heterocycles. The molecule has 24 heteroatoms. The summed E-state index contributed by atoms with van der Waals surface area (Å²) in [4.78, 5) is 40.7. The molecule has 464 valence electrons. The molecule has 0 aliphatic carbocycles. The zero-order valence-electron chi connectivity index (χ0n) is 48.4. The van der Waals surface area contributed by atoms with Crippen molar-refractivity contribution >= 4 is 17.9 Å². The van der Waals surface area contributed by atoms with Gasteiger partial charge in [0.1, 0.15) is 73.2 Å². The highest BCUT2D eigenvalue weighted by atomic mass is 16.8. The fraction of sp³-hybridized carbons (Fsp3) is 0.946. The normalized spacial score (nSPS) is 44.6. The molecule has 0 radical (unpaired) electrons. The molecule has 6 aliphatic heterocycles. The number of aliphatic hydroxyl groups excluding tert-OH is 8. The Hall–Kier alpha value is -2.31. The first-order valence-corrected chi connectivity index (χ1v) is 29.6. The van der Waals surface area contributed by atoms with Gasteiger partial charge in [-0.2, -0.15) is 0 Å². The maximum absolute atomic E-state index is 14.0. The SMILES string of the molecule is CCCCC[C@H]1CCCCCCCCCC(=O)O[C@H]2[C@H](O[C@H]3[C@@H](O1)O[C@H](C)[C@H](O)[C@@H]3O)O[C@@H](C)[C@H](O[C@@H]1O[C@@H](C)[C@H](O[C@@H]3O[C@@H](C)[C@H](OC(=O)[C@@H](C)CC)[C@@H](O)[C@H]3O)[C@@H](O[C@@H]3O[C@@H](C)[C@H](O)[C@@H](O)[C@H]3O)[C@H]1OC(=O)[C@@H](C)CC)[C@H]2O. The maximum atomic E-state index is 14.0. The molecule has 6 fully saturated rings. The summed E-state index contributed by atoms with van der Waals surface area (Å²) in [5, 5.41) is 91.3. The molecule has 24 nitrogen and oxygen atoms in total. The van der Waals surface area contributed by atoms with E-state index >= 15 is 0 Å². The van der Waals surface area contributed by atoms with Crippen molar-refractivity contribution in [2.75, 3.05) is 0 Å². The number of esters is 3. The minimum atomic E-state index is -1.91. The van der Waals surface area contributed by atoms with Crippen molar-refractivity contribution in [3.63, 3.8) is 0 Å². The summed E-state index contributed by atoms with van der Waals surface area (Å²) < 4.78 is 81.6. The molecule has 0 aromatic carbocycles. The number of aliphatic hydroxyl groups is 8. The van der Waals surface area contributed by atoms with E-state index in [1.165, 1.54) is 27.7 Å². The summed E-state index contributed by atoms with van der Waals surface area (Å²) in [6.45, 7) is 16.5. The molecule has 0 aromatic rings. The number of fused-ring (bicyclic) bond motifs is 2. The number of ether oxygens (including phenoxy) is 13. The summed E-state index contributed by atoms with van der Waals surface area (Å²) in [5.74, 6) is -3.38. The predicted octanol–water partition coefficient (Wildman–Crippen LogP) is 2.46. The highest BCUT2D eigenvalue weighted by Gasteiger charge is 2.58. The molecular weight excluding hydrogens is 1060 g/mol. The van der Waals surface area contributed by atoms with Crippen LogP contribution in [0.2, 0.25) is 0 Å². The van der Waals surface area contributed by atoms with Crippen LogP contribution < -0.4 is 0 Å². The van der Waals surface area contributed by atoms with Crippen molar-refractivity contribution < 1.29 is 117 Å². The summed E-state index contributed by atoms with van der Waals surface area (Å²) in [5.41, 5.74) is 0. The van der Waals surface area contributed by atoms with Crippen molar-refractivity contribution in [1.29, 1.82) is 0 Å². The van der Waals surface area contributed by atoms with Gasteiger partial charge in [-0.05, 0) is 66.7 Å². The van der Waals surface area contributed by atoms with E-state index in [1.807, 2.05) is 0 Å². The van der Waals surface area contributed by atoms with Gasteiger partial charge in [0.25, 0.3) is 0 Å². The first-order valence-electron chi connectivity index (χ1n) is 29.6. The van der Waals surface area contributed by atoms with Gasteiger partial charge in [0.05, 0.1) is 48.5 Å². The van der Waals surface area contributed by atoms with Crippen LogP contribution in [0, 0.1) is 11.8 Å². The fourth-order valence-electron chi connectivity index (χ4n) is 10.9. The summed E-state index contributed by atoms with van der Waals surface area (Å²) in [6, 6.07) is 0. The Kier molecular flexibility index (Phi) is 26.1. The Bertz CT molecular complexity index is 1880. The Morgan fingerprint density at radius 1 is 0.475 bits per heavy atom. The second-order valence-corrected chi connectivity index (χ2v) is 23.0. The van der Waals surface area contributed by atoms with Gasteiger partial charge in [-0.15, -0.1) is 0 Å². The average Bonchev–Trinajstić information content (AvgIpc) is 3.42. The monoisotopic (exact) mass is 1150 g/mol. The lowest BCUT2D eigenvalue weighted by atomic mass is 9.95. The highest BCUT2D eigenvalue weighted by Crippen LogP contribution is 2.39. The van der Waals surface area contributed by atoms with Crippen LogP contribution >= 0.6 is 0 Å². The van der Waals surface area contributed by atoms with Crippen molar-refractivity contribution in [3.05, 3.63) is 0 Å². The van der Waals surface area contributed by atoms with Gasteiger partial charge in [0.15, 0.2) is 49.8 Å². The molecule has 0 aromatic heterocycles. The largest absolute Gasteiger partial charge is 0.457 e. The Labute approximate surface area is 470 Å². The first kappa shape index (κ1) is 66.8. The summed E-state index contributed by atoms with van der Waals surface area (Å²) in [7, 11) is 0. The van der Waals surface area contributed by atoms with Crippen LogP contribution in [0.1, 0.15) is 166 Å². The number of rotatable bonds is 16. The molecular formula is C56H96O24. The van der Waals surface area contributed by atoms with Gasteiger partial charge in [-0.1, -0.05) is 92.4 Å². The molecule has 80 heavy (non-hydrogen) atoms. The van der Waals surface area contributed by atoms with Gasteiger partial charge in [0, 0.05) is 6.42 Å². The second-order valence-electron chi connectivity index (χ2n) is 23.0. The molecule has 6 aliphatic rings. The molecule has 6 rings (SSSR count). The van der Waals surface area contributed by atoms with Crippen LogP contribution in [0.4, 0.5) is 0 Å². The Balaban J connectivity index is 1.35. The van der Waals surface area contributed by atoms with E-state index in [2.05, 4.69) is 6.92 Å². The van der Waals surface area contributed by atoms with E-state index in [0.717, 1.165) is 64.2 Å². The predicted molar refractivity (Wildman–Crippen MR) is 278 cm³/mol. The zero-order chi connectivity index (χ0) is 58.7. The number of hydrogen-bond acceptors (Lipinski definition) is 24. The van der Waals surface area contributed by atoms with Crippen LogP contribution in [-0.4, -0.2) is 218 Å². The number of hydrogen-bond donors (Lipinski definition) is 8. The van der Waals surface area contributed by atoms with E-state index in [0.29, 0.717) is 25.7 Å². The fourth-order valence-corrected chi connectivity index (χ4v) is 10.9. The molecule has 0 amide bonds. The van der Waals surface area contributed by atoms with Crippen molar-refractivity contribution in [2.24, 2.45) is 11.8 Å². The quantitative estimate of drug-likeness (QED) is 0.0625. The molecule has 28 atom stereocenters. The van der Waals surface area contributed by atoms with Crippen molar-refractivity contribution in [3.8, 4) is 0 Å². The lowest BCUT2D eigenvalue weighted by molar-refractivity contribution is -0.399. The molecule has 6 saturated heterocycles. The van der Waals surface area contributed by atoms with Crippen LogP contribution in [0.3, 0.4) is 0 Å². The lowest BCUT2D eigenvalue weighted by Gasteiger charge is -2.51. The van der Waals surface area contributed by atoms with E-state index in [-0.39, 0.29) is 12.5 Å². The number of carbonyl (C=O) groups excluding carboxylic acids is 3. The molecule has 0 saturated carbocycles. The van der Waals surface area contributed by atoms with Crippen LogP contribution in [-0.2, 0) is 76.0 Å². The van der Waals surface area contributed by atoms with Gasteiger partial charge in [-0.25, -0.2) is 0 Å². The third-order valence-electron chi connectivity index (χ3n) is 16.7. The lowest BCUT2D eigenvalue weighted by Crippen LogP contribution is -2.68. The second kappa shape index (κ2) is 31.2. The molecule has 0 bridgehead atoms. The smallest absolute Gasteiger partial charge is 0.309 e. The van der Waals surface area contributed by atoms with E-state index in [9.17, 15) is 55.2 Å². The molecule has 0 spiro atoms. The first-order chi connectivity index (χ1) is 38.0. The molecule has 8 N–H and O–H groups in total. The van der Waals surface area contributed by atoms with Gasteiger partial charge in [-0.3, -0.25) is 14.4 Å². The minimum absolute atomic E-state index is 0.0244. The van der Waals surface area contributed by atoms with Crippen molar-refractivity contribution in [1.82, 2.24) is 0 Å². The maximum Gasteiger partial charge on any atom is 0.309 e. The van der Waals surface area contributed by atoms with Gasteiger partial charge >= 0.3 is 17.9 Å². The summed E-state index contributed by atoms with van der Waals surface area (Å²) >= 11 is 0. The minimum Gasteiger partial charge on any atom is -0.457 e. The van der Waals surface area contributed by atoms with Crippen LogP contribution in [0.15, 0.2) is 0 Å². The van der Waals surface area contributed by atoms with Gasteiger partial charge < -0.3 is 102 Å². The van der Waals surface area contributed by atoms with E-state index < -0.39 is 183 Å². The Morgan fingerprint density at radius 2 is 0.963 bits per heavy atom. The zero-order valence-corrected chi connectivity index (χ0v) is 48.4. The van der Waals surface area contributed by atoms with E-state index in [4.69, 9.17) is 61.6 Å². The van der Waals surface area contributed by atoms with Crippen molar-refractivity contribution in [2.45, 2.75) is 325 Å². The summed E-state index contributed by atoms with van der Waals surface area (Å²) in [6.07, 6.45) is -27.3. The average molecular weight is 1150 g/mol. The van der Waals surface area contributed by atoms with E-state index in [1.54, 1.807) is 34.6 Å². The topological polar surface area (TPSA) is 333 Å². The standard InChI is InChI=1S/C56H96O24/c1-11-14-20-23-33-24-21-18-16-15-17-19-22-25-34(57)74-47-42(65)44(31(9)71-55(47)79-46-38(61)36(59)29(7)69-54(46)73-33)77-56-49(76-51(67)27(5)13-3)48(80-52-40(63)37(60)35(58)28(6)68-52)45(32(10)72-56)78-53-41(64)39(62)43(30(8)70-53)75-50(66)26(4)12-2/h26-33,35-49,52-56,58-65H,11-25H2,1-10H3/t26-,27-,28-,29+,30-,31-,32-,33-,35-,36-,37+,38-,39-,40+,41+,42+,43-,44-,45-,46+,47+,48+,49+,52-,53-,54+,55-,56-/m0/s1. The third-order valence-corrected chi connectivity index (χ3v) is 16.7. The third kappa shape index (κ3) is 16.8. The Morgan fingerprint density at radius 3 is 1.60 bits per heavy atom. The number of carbonyl (C=O) groups is 3. The molecule has 0 unspecified atom stereocenters. The number of unbranched alkanes of at least 4 members (excludes halogenated alkanes) is 2. The van der Waals surface area contributed by atoms with Gasteiger partial charge in [0.2, 0.25) is 0 Å².